The van der Waals surface area contributed by atoms with Gasteiger partial charge < -0.3 is 24.5 Å². The lowest BCUT2D eigenvalue weighted by Crippen LogP contribution is -2.43. The number of ether oxygens (including phenoxy) is 2. The van der Waals surface area contributed by atoms with E-state index in [-0.39, 0.29) is 17.7 Å². The molecule has 1 fully saturated rings. The number of nitrogens with one attached hydrogen (secondary N) is 2. The molecule has 0 amide bonds. The number of halogens is 2. The van der Waals surface area contributed by atoms with Crippen molar-refractivity contribution in [2.24, 2.45) is 0 Å². The second kappa shape index (κ2) is 7.32. The van der Waals surface area contributed by atoms with Gasteiger partial charge in [0.1, 0.15) is 11.3 Å². The normalized spacial score (nSPS) is 17.8. The Bertz CT molecular complexity index is 953. The molecule has 9 nitrogen and oxygen atoms in total. The largest absolute Gasteiger partial charge is 0.417 e. The molecule has 0 bridgehead atoms. The third kappa shape index (κ3) is 3.62. The van der Waals surface area contributed by atoms with E-state index in [4.69, 9.17) is 4.74 Å². The highest BCUT2D eigenvalue weighted by molar-refractivity contribution is 5.74. The molecule has 150 valence electrons. The number of nitrogens with zero attached hydrogens (tertiary/aromatic N) is 4. The molecular formula is C17H20F2N6O3. The van der Waals surface area contributed by atoms with Crippen molar-refractivity contribution < 1.29 is 23.4 Å². The zero-order chi connectivity index (χ0) is 19.7. The lowest BCUT2D eigenvalue weighted by molar-refractivity contribution is -0.0898. The fourth-order valence-electron chi connectivity index (χ4n) is 3.32. The highest BCUT2D eigenvalue weighted by Crippen LogP contribution is 2.34. The van der Waals surface area contributed by atoms with Gasteiger partial charge >= 0.3 is 6.61 Å². The summed E-state index contributed by atoms with van der Waals surface area (Å²) in [7, 11) is 0. The number of alkyl halides is 2. The molecule has 11 heteroatoms. The van der Waals surface area contributed by atoms with Gasteiger partial charge in [-0.15, -0.1) is 0 Å². The number of H-pyrrole nitrogens is 1. The van der Waals surface area contributed by atoms with E-state index in [1.54, 1.807) is 18.5 Å². The summed E-state index contributed by atoms with van der Waals surface area (Å²) in [5.41, 5.74) is 0.370. The summed E-state index contributed by atoms with van der Waals surface area (Å²) in [6, 6.07) is 4.55. The molecule has 0 aliphatic carbocycles. The third-order valence-electron chi connectivity index (χ3n) is 5.00. The van der Waals surface area contributed by atoms with E-state index >= 15 is 0 Å². The van der Waals surface area contributed by atoms with Crippen LogP contribution in [-0.2, 0) is 4.74 Å². The first kappa shape index (κ1) is 18.6. The van der Waals surface area contributed by atoms with Gasteiger partial charge in [0.2, 0.25) is 5.88 Å². The van der Waals surface area contributed by atoms with Crippen molar-refractivity contribution in [1.82, 2.24) is 24.7 Å². The number of pyridine rings is 1. The molecular weight excluding hydrogens is 374 g/mol. The van der Waals surface area contributed by atoms with Crippen molar-refractivity contribution in [1.29, 1.82) is 0 Å². The highest BCUT2D eigenvalue weighted by atomic mass is 19.3. The molecule has 0 unspecified atom stereocenters. The van der Waals surface area contributed by atoms with Crippen LogP contribution in [0.1, 0.15) is 25.8 Å². The van der Waals surface area contributed by atoms with E-state index < -0.39 is 12.2 Å². The minimum absolute atomic E-state index is 0.154. The molecule has 1 aliphatic rings. The number of hydrogen-bond donors (Lipinski definition) is 3. The third-order valence-corrected chi connectivity index (χ3v) is 5.00. The van der Waals surface area contributed by atoms with E-state index in [9.17, 15) is 13.9 Å². The van der Waals surface area contributed by atoms with Crippen LogP contribution >= 0.6 is 0 Å². The summed E-state index contributed by atoms with van der Waals surface area (Å²) in [6.07, 6.45) is 2.72. The van der Waals surface area contributed by atoms with Crippen molar-refractivity contribution >= 4 is 22.8 Å². The van der Waals surface area contributed by atoms with E-state index in [0.29, 0.717) is 43.0 Å². The van der Waals surface area contributed by atoms with E-state index in [2.05, 4.69) is 30.2 Å². The molecule has 4 rings (SSSR count). The Labute approximate surface area is 158 Å². The fraction of sp³-hybridized carbons (Fsp3) is 0.471. The van der Waals surface area contributed by atoms with Gasteiger partial charge in [-0.3, -0.25) is 0 Å². The first-order chi connectivity index (χ1) is 13.4. The number of fused-ring (bicyclic) bond motifs is 1. The van der Waals surface area contributed by atoms with Crippen molar-refractivity contribution in [2.75, 3.05) is 18.5 Å². The van der Waals surface area contributed by atoms with Gasteiger partial charge in [0.15, 0.2) is 11.5 Å². The molecule has 0 spiro atoms. The number of hydrogen-bond acceptors (Lipinski definition) is 7. The zero-order valence-corrected chi connectivity index (χ0v) is 15.1. The number of aliphatic hydroxyl groups is 1. The molecule has 3 N–H and O–H groups in total. The Morgan fingerprint density at radius 3 is 2.86 bits per heavy atom. The summed E-state index contributed by atoms with van der Waals surface area (Å²) >= 11 is 0. The van der Waals surface area contributed by atoms with E-state index in [1.165, 1.54) is 6.07 Å². The molecule has 28 heavy (non-hydrogen) atoms. The smallest absolute Gasteiger partial charge is 0.388 e. The summed E-state index contributed by atoms with van der Waals surface area (Å²) in [5, 5.41) is 20.1. The number of aromatic amines is 1. The van der Waals surface area contributed by atoms with Crippen LogP contribution in [0, 0.1) is 0 Å². The van der Waals surface area contributed by atoms with Crippen LogP contribution in [0.4, 0.5) is 20.4 Å². The van der Waals surface area contributed by atoms with Crippen LogP contribution in [-0.4, -0.2) is 55.3 Å². The summed E-state index contributed by atoms with van der Waals surface area (Å²) in [6.45, 7) is 0.0105. The molecule has 1 aliphatic heterocycles. The molecule has 1 atom stereocenters. The predicted octanol–water partition coefficient (Wildman–Crippen LogP) is 2.60. The van der Waals surface area contributed by atoms with Gasteiger partial charge in [0.25, 0.3) is 0 Å². The van der Waals surface area contributed by atoms with Gasteiger partial charge in [0.05, 0.1) is 18.0 Å². The molecule has 3 aromatic heterocycles. The quantitative estimate of drug-likeness (QED) is 0.589. The van der Waals surface area contributed by atoms with Gasteiger partial charge in [-0.25, -0.2) is 15.1 Å². The Morgan fingerprint density at radius 2 is 2.11 bits per heavy atom. The van der Waals surface area contributed by atoms with Crippen LogP contribution in [0.2, 0.25) is 0 Å². The first-order valence-electron chi connectivity index (χ1n) is 8.85. The predicted molar refractivity (Wildman–Crippen MR) is 95.7 cm³/mol. The fourth-order valence-corrected chi connectivity index (χ4v) is 3.32. The molecule has 0 saturated carbocycles. The first-order valence-corrected chi connectivity index (χ1v) is 8.85. The summed E-state index contributed by atoms with van der Waals surface area (Å²) in [5.74, 6) is 0.583. The average molecular weight is 394 g/mol. The Hall–Kier alpha value is -2.79. The number of imidazole rings is 1. The number of aromatic nitrogens is 5. The lowest BCUT2D eigenvalue weighted by atomic mass is 9.87. The minimum Gasteiger partial charge on any atom is -0.417 e. The van der Waals surface area contributed by atoms with Crippen molar-refractivity contribution in [3.63, 3.8) is 0 Å². The maximum absolute atomic E-state index is 12.3. The van der Waals surface area contributed by atoms with E-state index in [0.717, 1.165) is 0 Å². The minimum atomic E-state index is -2.94. The average Bonchev–Trinajstić information content (AvgIpc) is 3.27. The summed E-state index contributed by atoms with van der Waals surface area (Å²) < 4.78 is 36.0. The van der Waals surface area contributed by atoms with Crippen LogP contribution in [0.5, 0.6) is 5.88 Å². The zero-order valence-electron chi connectivity index (χ0n) is 15.1. The molecule has 0 radical (unpaired) electrons. The second-order valence-corrected chi connectivity index (χ2v) is 6.70. The van der Waals surface area contributed by atoms with Gasteiger partial charge in [0, 0.05) is 32.1 Å². The molecule has 4 heterocycles. The van der Waals surface area contributed by atoms with Gasteiger partial charge in [-0.2, -0.15) is 13.9 Å². The van der Waals surface area contributed by atoms with Gasteiger partial charge in [-0.1, -0.05) is 0 Å². The Morgan fingerprint density at radius 1 is 1.32 bits per heavy atom. The van der Waals surface area contributed by atoms with Crippen molar-refractivity contribution in [3.8, 4) is 5.88 Å². The van der Waals surface area contributed by atoms with Crippen LogP contribution in [0.15, 0.2) is 24.5 Å². The Balaban J connectivity index is 1.58. The molecule has 3 aromatic rings. The van der Waals surface area contributed by atoms with Crippen LogP contribution in [0.3, 0.4) is 0 Å². The monoisotopic (exact) mass is 394 g/mol. The number of anilines is 2. The number of rotatable bonds is 6. The van der Waals surface area contributed by atoms with Gasteiger partial charge in [-0.05, 0) is 19.1 Å². The maximum Gasteiger partial charge on any atom is 0.388 e. The topological polar surface area (TPSA) is 110 Å². The maximum atomic E-state index is 12.3. The van der Waals surface area contributed by atoms with Crippen LogP contribution < -0.4 is 10.1 Å². The summed E-state index contributed by atoms with van der Waals surface area (Å²) in [4.78, 5) is 8.91. The molecule has 1 saturated heterocycles. The highest BCUT2D eigenvalue weighted by Gasteiger charge is 2.37. The van der Waals surface area contributed by atoms with E-state index in [1.807, 2.05) is 11.5 Å². The standard InChI is InChI=1S/C17H20F2N6O3/c1-10(17(26)4-6-27-7-5-17)25-9-20-11-2-3-12(22-15(11)25)21-13-8-14(24-23-13)28-16(18)19/h2-3,8-10,16,26H,4-7H2,1H3,(H2,21,22,23,24)/t10-/m0/s1. The molecule has 0 aromatic carbocycles. The van der Waals surface area contributed by atoms with Crippen molar-refractivity contribution in [2.45, 2.75) is 38.0 Å². The Kier molecular flexibility index (Phi) is 4.85. The second-order valence-electron chi connectivity index (χ2n) is 6.70. The SMILES string of the molecule is C[C@H](n1cnc2ccc(Nc3cc(OC(F)F)[nH]n3)nc21)C1(O)CCOCC1. The van der Waals surface area contributed by atoms with Crippen LogP contribution in [0.25, 0.3) is 11.2 Å². The van der Waals surface area contributed by atoms with Crippen molar-refractivity contribution in [3.05, 3.63) is 24.5 Å². The lowest BCUT2D eigenvalue weighted by Gasteiger charge is -2.37.